The third kappa shape index (κ3) is 5.18. The summed E-state index contributed by atoms with van der Waals surface area (Å²) < 4.78 is 29.7. The number of sulfonamides is 1. The van der Waals surface area contributed by atoms with Crippen LogP contribution in [0.15, 0.2) is 24.3 Å². The Morgan fingerprint density at radius 2 is 1.89 bits per heavy atom. The first-order chi connectivity index (χ1) is 8.07. The van der Waals surface area contributed by atoms with E-state index in [1.165, 1.54) is 6.07 Å². The summed E-state index contributed by atoms with van der Waals surface area (Å²) in [5.41, 5.74) is 0.0524. The SMILES string of the molecule is CC(C)(C)OC(=O)c1cccc(NS(C)(=O)=O)c1. The Morgan fingerprint density at radius 3 is 2.39 bits per heavy atom. The molecule has 18 heavy (non-hydrogen) atoms. The van der Waals surface area contributed by atoms with Crippen LogP contribution in [0.3, 0.4) is 0 Å². The molecule has 1 N–H and O–H groups in total. The molecule has 100 valence electrons. The van der Waals surface area contributed by atoms with Crippen molar-refractivity contribution in [3.8, 4) is 0 Å². The van der Waals surface area contributed by atoms with E-state index in [1.54, 1.807) is 39.0 Å². The fraction of sp³-hybridized carbons (Fsp3) is 0.417. The van der Waals surface area contributed by atoms with Crippen molar-refractivity contribution in [1.29, 1.82) is 0 Å². The van der Waals surface area contributed by atoms with E-state index >= 15 is 0 Å². The molecule has 0 aliphatic heterocycles. The van der Waals surface area contributed by atoms with E-state index in [2.05, 4.69) is 4.72 Å². The third-order valence-electron chi connectivity index (χ3n) is 1.80. The second-order valence-corrected chi connectivity index (χ2v) is 6.71. The van der Waals surface area contributed by atoms with E-state index in [0.29, 0.717) is 11.3 Å². The smallest absolute Gasteiger partial charge is 0.338 e. The Labute approximate surface area is 107 Å². The molecule has 0 radical (unpaired) electrons. The van der Waals surface area contributed by atoms with Gasteiger partial charge in [-0.1, -0.05) is 6.07 Å². The first-order valence-corrected chi connectivity index (χ1v) is 7.27. The van der Waals surface area contributed by atoms with Gasteiger partial charge in [-0.3, -0.25) is 4.72 Å². The van der Waals surface area contributed by atoms with Crippen LogP contribution in [0.1, 0.15) is 31.1 Å². The monoisotopic (exact) mass is 271 g/mol. The highest BCUT2D eigenvalue weighted by Crippen LogP contribution is 2.16. The number of carbonyl (C=O) groups is 1. The van der Waals surface area contributed by atoms with Gasteiger partial charge in [-0.2, -0.15) is 0 Å². The lowest BCUT2D eigenvalue weighted by Gasteiger charge is -2.19. The summed E-state index contributed by atoms with van der Waals surface area (Å²) in [6.45, 7) is 5.30. The predicted molar refractivity (Wildman–Crippen MR) is 70.1 cm³/mol. The fourth-order valence-electron chi connectivity index (χ4n) is 1.26. The molecule has 0 aliphatic rings. The van der Waals surface area contributed by atoms with Gasteiger partial charge in [-0.15, -0.1) is 0 Å². The van der Waals surface area contributed by atoms with Crippen LogP contribution in [0.25, 0.3) is 0 Å². The van der Waals surface area contributed by atoms with Crippen molar-refractivity contribution in [2.24, 2.45) is 0 Å². The summed E-state index contributed by atoms with van der Waals surface area (Å²) in [5, 5.41) is 0. The number of benzene rings is 1. The summed E-state index contributed by atoms with van der Waals surface area (Å²) in [7, 11) is -3.36. The van der Waals surface area contributed by atoms with Crippen LogP contribution in [-0.2, 0) is 14.8 Å². The summed E-state index contributed by atoms with van der Waals surface area (Å²) in [6.07, 6.45) is 1.05. The second kappa shape index (κ2) is 4.97. The molecule has 1 aromatic carbocycles. The predicted octanol–water partition coefficient (Wildman–Crippen LogP) is 2.01. The van der Waals surface area contributed by atoms with Gasteiger partial charge in [0.2, 0.25) is 10.0 Å². The molecule has 0 heterocycles. The van der Waals surface area contributed by atoms with Crippen molar-refractivity contribution in [2.45, 2.75) is 26.4 Å². The second-order valence-electron chi connectivity index (χ2n) is 4.96. The highest BCUT2D eigenvalue weighted by molar-refractivity contribution is 7.92. The number of carbonyl (C=O) groups excluding carboxylic acids is 1. The topological polar surface area (TPSA) is 72.5 Å². The lowest BCUT2D eigenvalue weighted by Crippen LogP contribution is -2.24. The van der Waals surface area contributed by atoms with Crippen molar-refractivity contribution in [3.63, 3.8) is 0 Å². The van der Waals surface area contributed by atoms with E-state index in [-0.39, 0.29) is 0 Å². The van der Waals surface area contributed by atoms with Gasteiger partial charge < -0.3 is 4.74 Å². The van der Waals surface area contributed by atoms with Gasteiger partial charge in [0.05, 0.1) is 11.8 Å². The van der Waals surface area contributed by atoms with Crippen LogP contribution >= 0.6 is 0 Å². The maximum absolute atomic E-state index is 11.8. The largest absolute Gasteiger partial charge is 0.456 e. The quantitative estimate of drug-likeness (QED) is 0.854. The molecular formula is C12H17NO4S. The average molecular weight is 271 g/mol. The van der Waals surface area contributed by atoms with E-state index in [0.717, 1.165) is 6.26 Å². The molecule has 0 unspecified atom stereocenters. The molecule has 6 heteroatoms. The molecule has 0 amide bonds. The standard InChI is InChI=1S/C12H17NO4S/c1-12(2,3)17-11(14)9-6-5-7-10(8-9)13-18(4,15)16/h5-8,13H,1-4H3. The van der Waals surface area contributed by atoms with Crippen molar-refractivity contribution in [1.82, 2.24) is 0 Å². The van der Waals surface area contributed by atoms with Crippen molar-refractivity contribution in [2.75, 3.05) is 11.0 Å². The molecule has 1 rings (SSSR count). The van der Waals surface area contributed by atoms with E-state index in [4.69, 9.17) is 4.74 Å². The molecule has 0 fully saturated rings. The van der Waals surface area contributed by atoms with Gasteiger partial charge in [0.1, 0.15) is 5.60 Å². The van der Waals surface area contributed by atoms with Gasteiger partial charge in [0, 0.05) is 5.69 Å². The minimum Gasteiger partial charge on any atom is -0.456 e. The molecule has 0 bridgehead atoms. The highest BCUT2D eigenvalue weighted by atomic mass is 32.2. The van der Waals surface area contributed by atoms with Crippen molar-refractivity contribution >= 4 is 21.7 Å². The summed E-state index contributed by atoms with van der Waals surface area (Å²) in [6, 6.07) is 6.17. The molecule has 0 atom stereocenters. The number of rotatable bonds is 3. The normalized spacial score (nSPS) is 12.0. The van der Waals surface area contributed by atoms with E-state index in [9.17, 15) is 13.2 Å². The number of hydrogen-bond donors (Lipinski definition) is 1. The molecule has 0 saturated carbocycles. The van der Waals surface area contributed by atoms with Gasteiger partial charge in [-0.25, -0.2) is 13.2 Å². The third-order valence-corrected chi connectivity index (χ3v) is 2.41. The number of esters is 1. The van der Waals surface area contributed by atoms with Crippen LogP contribution in [0, 0.1) is 0 Å². The van der Waals surface area contributed by atoms with E-state index < -0.39 is 21.6 Å². The molecule has 0 saturated heterocycles. The Bertz CT molecular complexity index is 543. The minimum atomic E-state index is -3.36. The summed E-state index contributed by atoms with van der Waals surface area (Å²) in [5.74, 6) is -0.486. The van der Waals surface area contributed by atoms with Crippen molar-refractivity contribution in [3.05, 3.63) is 29.8 Å². The molecule has 5 nitrogen and oxygen atoms in total. The molecule has 0 aliphatic carbocycles. The molecule has 0 aromatic heterocycles. The fourth-order valence-corrected chi connectivity index (χ4v) is 1.82. The van der Waals surface area contributed by atoms with Gasteiger partial charge in [0.25, 0.3) is 0 Å². The number of ether oxygens (including phenoxy) is 1. The maximum Gasteiger partial charge on any atom is 0.338 e. The number of anilines is 1. The van der Waals surface area contributed by atoms with Gasteiger partial charge in [0.15, 0.2) is 0 Å². The Kier molecular flexibility index (Phi) is 4.01. The maximum atomic E-state index is 11.8. The molecular weight excluding hydrogens is 254 g/mol. The molecule has 0 spiro atoms. The highest BCUT2D eigenvalue weighted by Gasteiger charge is 2.18. The number of hydrogen-bond acceptors (Lipinski definition) is 4. The first-order valence-electron chi connectivity index (χ1n) is 5.38. The van der Waals surface area contributed by atoms with Crippen LogP contribution in [0.5, 0.6) is 0 Å². The Morgan fingerprint density at radius 1 is 1.28 bits per heavy atom. The van der Waals surface area contributed by atoms with Crippen LogP contribution < -0.4 is 4.72 Å². The van der Waals surface area contributed by atoms with Crippen LogP contribution in [0.4, 0.5) is 5.69 Å². The van der Waals surface area contributed by atoms with Crippen LogP contribution in [0.2, 0.25) is 0 Å². The Hall–Kier alpha value is -1.56. The first kappa shape index (κ1) is 14.5. The number of nitrogens with one attached hydrogen (secondary N) is 1. The zero-order valence-electron chi connectivity index (χ0n) is 10.9. The minimum absolute atomic E-state index is 0.304. The zero-order valence-corrected chi connectivity index (χ0v) is 11.7. The lowest BCUT2D eigenvalue weighted by atomic mass is 10.1. The summed E-state index contributed by atoms with van der Waals surface area (Å²) >= 11 is 0. The van der Waals surface area contributed by atoms with Crippen LogP contribution in [-0.4, -0.2) is 26.2 Å². The average Bonchev–Trinajstić information content (AvgIpc) is 2.12. The Balaban J connectivity index is 2.92. The van der Waals surface area contributed by atoms with Gasteiger partial charge in [-0.05, 0) is 39.0 Å². The van der Waals surface area contributed by atoms with Crippen molar-refractivity contribution < 1.29 is 17.9 Å². The van der Waals surface area contributed by atoms with Gasteiger partial charge >= 0.3 is 5.97 Å². The van der Waals surface area contributed by atoms with E-state index in [1.807, 2.05) is 0 Å². The summed E-state index contributed by atoms with van der Waals surface area (Å²) in [4.78, 5) is 11.8. The zero-order chi connectivity index (χ0) is 14.0. The lowest BCUT2D eigenvalue weighted by molar-refractivity contribution is 0.00695. The molecule has 1 aromatic rings.